The number of nitrogens with zero attached hydrogens (tertiary/aromatic N) is 1. The molecule has 1 fully saturated rings. The van der Waals surface area contributed by atoms with Crippen LogP contribution < -0.4 is 0 Å². The highest BCUT2D eigenvalue weighted by Gasteiger charge is 2.42. The van der Waals surface area contributed by atoms with Crippen LogP contribution in [0.15, 0.2) is 24.3 Å². The number of carbonyl (C=O) groups is 2. The van der Waals surface area contributed by atoms with Crippen LogP contribution in [-0.2, 0) is 9.59 Å². The normalized spacial score (nSPS) is 22.5. The number of aliphatic carboxylic acids is 1. The largest absolute Gasteiger partial charge is 0.508 e. The Balaban J connectivity index is 2.37. The minimum atomic E-state index is -1.07. The second kappa shape index (κ2) is 5.71. The zero-order chi connectivity index (χ0) is 14.0. The van der Waals surface area contributed by atoms with E-state index in [1.165, 1.54) is 22.7 Å². The Kier molecular flexibility index (Phi) is 4.21. The number of thioether (sulfide) groups is 1. The molecule has 2 N–H and O–H groups in total. The molecule has 0 radical (unpaired) electrons. The highest BCUT2D eigenvalue weighted by atomic mass is 35.5. The van der Waals surface area contributed by atoms with Gasteiger partial charge in [-0.1, -0.05) is 18.2 Å². The molecule has 1 heterocycles. The van der Waals surface area contributed by atoms with Crippen molar-refractivity contribution < 1.29 is 19.8 Å². The van der Waals surface area contributed by atoms with Gasteiger partial charge in [0.15, 0.2) is 0 Å². The van der Waals surface area contributed by atoms with Crippen molar-refractivity contribution in [1.82, 2.24) is 4.90 Å². The Morgan fingerprint density at radius 3 is 2.68 bits per heavy atom. The molecule has 0 bridgehead atoms. The molecule has 0 aromatic heterocycles. The van der Waals surface area contributed by atoms with Gasteiger partial charge in [0, 0.05) is 11.3 Å². The lowest BCUT2D eigenvalue weighted by atomic mass is 10.1. The summed E-state index contributed by atoms with van der Waals surface area (Å²) in [4.78, 5) is 24.3. The van der Waals surface area contributed by atoms with E-state index < -0.39 is 23.3 Å². The molecule has 1 amide bonds. The third kappa shape index (κ3) is 2.64. The molecule has 1 aliphatic rings. The number of hydrogen-bond acceptors (Lipinski definition) is 4. The van der Waals surface area contributed by atoms with Gasteiger partial charge in [0.1, 0.15) is 23.0 Å². The molecule has 1 saturated heterocycles. The lowest BCUT2D eigenvalue weighted by Gasteiger charge is -2.27. The smallest absolute Gasteiger partial charge is 0.327 e. The Morgan fingerprint density at radius 1 is 1.42 bits per heavy atom. The van der Waals surface area contributed by atoms with Gasteiger partial charge in [0.2, 0.25) is 5.91 Å². The fourth-order valence-electron chi connectivity index (χ4n) is 2.01. The zero-order valence-corrected chi connectivity index (χ0v) is 11.4. The van der Waals surface area contributed by atoms with Crippen LogP contribution in [0.1, 0.15) is 10.9 Å². The first kappa shape index (κ1) is 14.0. The minimum absolute atomic E-state index is 0.0402. The van der Waals surface area contributed by atoms with E-state index in [0.29, 0.717) is 5.56 Å². The van der Waals surface area contributed by atoms with Gasteiger partial charge in [0.25, 0.3) is 0 Å². The lowest BCUT2D eigenvalue weighted by Crippen LogP contribution is -2.43. The van der Waals surface area contributed by atoms with Crippen LogP contribution >= 0.6 is 23.4 Å². The molecule has 0 aliphatic carbocycles. The van der Waals surface area contributed by atoms with Gasteiger partial charge in [-0.05, 0) is 6.07 Å². The van der Waals surface area contributed by atoms with Crippen molar-refractivity contribution in [2.24, 2.45) is 0 Å². The van der Waals surface area contributed by atoms with Gasteiger partial charge in [-0.3, -0.25) is 4.79 Å². The molecule has 7 heteroatoms. The van der Waals surface area contributed by atoms with Crippen LogP contribution in [0.4, 0.5) is 0 Å². The summed E-state index contributed by atoms with van der Waals surface area (Å²) in [6.45, 7) is 0. The number of carboxylic acids is 1. The number of amides is 1. The summed E-state index contributed by atoms with van der Waals surface area (Å²) in [6, 6.07) is 5.66. The highest BCUT2D eigenvalue weighted by molar-refractivity contribution is 7.99. The summed E-state index contributed by atoms with van der Waals surface area (Å²) in [6.07, 6.45) is 0. The number of phenols is 1. The maximum absolute atomic E-state index is 11.9. The zero-order valence-electron chi connectivity index (χ0n) is 9.82. The molecule has 102 valence electrons. The van der Waals surface area contributed by atoms with Crippen molar-refractivity contribution in [3.63, 3.8) is 0 Å². The number of para-hydroxylation sites is 1. The number of halogens is 1. The molecule has 1 aromatic rings. The first-order valence-corrected chi connectivity index (χ1v) is 7.14. The molecule has 0 spiro atoms. The van der Waals surface area contributed by atoms with Crippen molar-refractivity contribution in [2.45, 2.75) is 11.4 Å². The number of rotatable bonds is 3. The van der Waals surface area contributed by atoms with E-state index in [2.05, 4.69) is 0 Å². The summed E-state index contributed by atoms with van der Waals surface area (Å²) in [5.41, 5.74) is 0.523. The molecular weight excluding hydrogens is 290 g/mol. The van der Waals surface area contributed by atoms with Gasteiger partial charge in [-0.25, -0.2) is 4.79 Å². The molecular formula is C12H12ClNO4S. The van der Waals surface area contributed by atoms with Gasteiger partial charge in [-0.15, -0.1) is 23.4 Å². The average Bonchev–Trinajstić information content (AvgIpc) is 2.83. The Labute approximate surface area is 119 Å². The van der Waals surface area contributed by atoms with E-state index in [1.54, 1.807) is 18.2 Å². The van der Waals surface area contributed by atoms with E-state index in [1.807, 2.05) is 0 Å². The maximum Gasteiger partial charge on any atom is 0.327 e. The summed E-state index contributed by atoms with van der Waals surface area (Å²) in [5, 5.41) is 18.5. The molecule has 2 atom stereocenters. The third-order valence-electron chi connectivity index (χ3n) is 2.89. The number of alkyl halides is 1. The SMILES string of the molecule is O=C(O)[C@@H]1CSC(c2ccccc2O)N1C(=O)CCl. The Bertz CT molecular complexity index is 510. The standard InChI is InChI=1S/C12H12ClNO4S/c13-5-10(16)14-8(12(17)18)6-19-11(14)7-3-1-2-4-9(7)15/h1-4,8,11,15H,5-6H2,(H,17,18)/t8-,11?/m0/s1. The molecule has 1 aromatic carbocycles. The van der Waals surface area contributed by atoms with Crippen molar-refractivity contribution >= 4 is 35.2 Å². The first-order valence-electron chi connectivity index (χ1n) is 5.55. The van der Waals surface area contributed by atoms with E-state index >= 15 is 0 Å². The molecule has 19 heavy (non-hydrogen) atoms. The van der Waals surface area contributed by atoms with Gasteiger partial charge >= 0.3 is 5.97 Å². The van der Waals surface area contributed by atoms with Crippen LogP contribution in [-0.4, -0.2) is 44.7 Å². The van der Waals surface area contributed by atoms with Crippen molar-refractivity contribution in [3.05, 3.63) is 29.8 Å². The monoisotopic (exact) mass is 301 g/mol. The van der Waals surface area contributed by atoms with E-state index in [-0.39, 0.29) is 17.4 Å². The van der Waals surface area contributed by atoms with Crippen molar-refractivity contribution in [1.29, 1.82) is 0 Å². The molecule has 1 aliphatic heterocycles. The predicted octanol–water partition coefficient (Wildman–Crippen LogP) is 1.66. The fourth-order valence-corrected chi connectivity index (χ4v) is 3.62. The van der Waals surface area contributed by atoms with Crippen LogP contribution in [0.3, 0.4) is 0 Å². The number of phenolic OH excluding ortho intramolecular Hbond substituents is 1. The quantitative estimate of drug-likeness (QED) is 0.830. The lowest BCUT2D eigenvalue weighted by molar-refractivity contribution is -0.148. The van der Waals surface area contributed by atoms with Gasteiger partial charge in [0.05, 0.1) is 0 Å². The molecule has 2 rings (SSSR count). The highest BCUT2D eigenvalue weighted by Crippen LogP contribution is 2.44. The summed E-state index contributed by atoms with van der Waals surface area (Å²) >= 11 is 6.84. The summed E-state index contributed by atoms with van der Waals surface area (Å²) in [5.74, 6) is -1.49. The number of carbonyl (C=O) groups excluding carboxylic acids is 1. The summed E-state index contributed by atoms with van der Waals surface area (Å²) < 4.78 is 0. The first-order chi connectivity index (χ1) is 9.06. The number of carboxylic acid groups (broad SMARTS) is 1. The second-order valence-corrected chi connectivity index (χ2v) is 5.41. The maximum atomic E-state index is 11.9. The van der Waals surface area contributed by atoms with Crippen molar-refractivity contribution in [3.8, 4) is 5.75 Å². The Morgan fingerprint density at radius 2 is 2.11 bits per heavy atom. The van der Waals surface area contributed by atoms with Crippen LogP contribution in [0.2, 0.25) is 0 Å². The summed E-state index contributed by atoms with van der Waals surface area (Å²) in [7, 11) is 0. The minimum Gasteiger partial charge on any atom is -0.508 e. The van der Waals surface area contributed by atoms with Gasteiger partial charge in [-0.2, -0.15) is 0 Å². The number of aromatic hydroxyl groups is 1. The second-order valence-electron chi connectivity index (χ2n) is 4.03. The average molecular weight is 302 g/mol. The van der Waals surface area contributed by atoms with E-state index in [9.17, 15) is 14.7 Å². The third-order valence-corrected chi connectivity index (χ3v) is 4.42. The van der Waals surface area contributed by atoms with E-state index in [0.717, 1.165) is 0 Å². The van der Waals surface area contributed by atoms with Crippen LogP contribution in [0.25, 0.3) is 0 Å². The van der Waals surface area contributed by atoms with Gasteiger partial charge < -0.3 is 15.1 Å². The van der Waals surface area contributed by atoms with Crippen molar-refractivity contribution in [2.75, 3.05) is 11.6 Å². The molecule has 1 unspecified atom stereocenters. The molecule has 5 nitrogen and oxygen atoms in total. The van der Waals surface area contributed by atoms with E-state index in [4.69, 9.17) is 16.7 Å². The predicted molar refractivity (Wildman–Crippen MR) is 72.3 cm³/mol. The fraction of sp³-hybridized carbons (Fsp3) is 0.333. The number of benzene rings is 1. The topological polar surface area (TPSA) is 77.8 Å². The number of hydrogen-bond donors (Lipinski definition) is 2. The molecule has 0 saturated carbocycles. The van der Waals surface area contributed by atoms with Crippen LogP contribution in [0, 0.1) is 0 Å². The Hall–Kier alpha value is -1.40. The van der Waals surface area contributed by atoms with Crippen LogP contribution in [0.5, 0.6) is 5.75 Å².